The molecule has 1 aromatic carbocycles. The van der Waals surface area contributed by atoms with E-state index in [-0.39, 0.29) is 18.2 Å². The molecule has 1 aliphatic rings. The molecule has 1 N–H and O–H groups in total. The second kappa shape index (κ2) is 4.41. The summed E-state index contributed by atoms with van der Waals surface area (Å²) in [5.41, 5.74) is -0.362. The maximum absolute atomic E-state index is 13.7. The summed E-state index contributed by atoms with van der Waals surface area (Å²) < 4.78 is 14.4. The number of hydrogen-bond acceptors (Lipinski definition) is 1. The van der Waals surface area contributed by atoms with Crippen molar-refractivity contribution in [3.8, 4) is 0 Å². The number of carbonyl (C=O) groups is 1. The molecule has 0 bridgehead atoms. The van der Waals surface area contributed by atoms with Gasteiger partial charge in [0.05, 0.1) is 5.41 Å². The molecule has 2 rings (SSSR count). The highest BCUT2D eigenvalue weighted by Gasteiger charge is 2.47. The number of hydrogen-bond donors (Lipinski definition) is 1. The van der Waals surface area contributed by atoms with E-state index in [0.717, 1.165) is 12.8 Å². The zero-order valence-electron chi connectivity index (χ0n) is 9.54. The number of halogens is 2. The van der Waals surface area contributed by atoms with Gasteiger partial charge in [0, 0.05) is 4.47 Å². The summed E-state index contributed by atoms with van der Waals surface area (Å²) in [4.78, 5) is 11.4. The summed E-state index contributed by atoms with van der Waals surface area (Å²) in [5.74, 6) is -0.988. The van der Waals surface area contributed by atoms with Gasteiger partial charge >= 0.3 is 5.97 Å². The molecule has 1 saturated carbocycles. The molecule has 1 aliphatic carbocycles. The van der Waals surface area contributed by atoms with Crippen molar-refractivity contribution in [3.05, 3.63) is 34.1 Å². The van der Waals surface area contributed by atoms with Crippen LogP contribution >= 0.6 is 15.9 Å². The zero-order chi connectivity index (χ0) is 12.6. The van der Waals surface area contributed by atoms with E-state index >= 15 is 0 Å². The highest BCUT2D eigenvalue weighted by molar-refractivity contribution is 9.10. The van der Waals surface area contributed by atoms with Crippen molar-refractivity contribution in [2.75, 3.05) is 0 Å². The Morgan fingerprint density at radius 2 is 2.24 bits per heavy atom. The van der Waals surface area contributed by atoms with Crippen molar-refractivity contribution in [1.82, 2.24) is 0 Å². The van der Waals surface area contributed by atoms with E-state index in [0.29, 0.717) is 10.0 Å². The number of rotatable bonds is 4. The van der Waals surface area contributed by atoms with Crippen LogP contribution in [0.3, 0.4) is 0 Å². The van der Waals surface area contributed by atoms with E-state index in [1.165, 1.54) is 6.07 Å². The second-order valence-corrected chi connectivity index (χ2v) is 5.83. The Morgan fingerprint density at radius 3 is 2.71 bits per heavy atom. The molecule has 1 unspecified atom stereocenters. The van der Waals surface area contributed by atoms with Crippen LogP contribution in [0.25, 0.3) is 0 Å². The fraction of sp³-hybridized carbons (Fsp3) is 0.462. The largest absolute Gasteiger partial charge is 0.481 e. The van der Waals surface area contributed by atoms with Gasteiger partial charge in [0.25, 0.3) is 0 Å². The van der Waals surface area contributed by atoms with Crippen molar-refractivity contribution < 1.29 is 14.3 Å². The van der Waals surface area contributed by atoms with E-state index in [9.17, 15) is 14.3 Å². The Morgan fingerprint density at radius 1 is 1.59 bits per heavy atom. The predicted molar refractivity (Wildman–Crippen MR) is 66.3 cm³/mol. The highest BCUT2D eigenvalue weighted by Crippen LogP contribution is 2.47. The number of aliphatic carboxylic acids is 1. The molecule has 4 heteroatoms. The predicted octanol–water partition coefficient (Wildman–Crippen LogP) is 3.63. The summed E-state index contributed by atoms with van der Waals surface area (Å²) in [6.07, 6.45) is 2.12. The Hall–Kier alpha value is -0.900. The summed E-state index contributed by atoms with van der Waals surface area (Å²) in [5, 5.41) is 9.32. The Balaban J connectivity index is 2.26. The molecule has 1 fully saturated rings. The molecule has 0 aliphatic heterocycles. The lowest BCUT2D eigenvalue weighted by Crippen LogP contribution is -2.32. The number of benzene rings is 1. The van der Waals surface area contributed by atoms with Gasteiger partial charge in [0.15, 0.2) is 0 Å². The molecule has 1 aromatic rings. The highest BCUT2D eigenvalue weighted by atomic mass is 79.9. The minimum atomic E-state index is -0.839. The van der Waals surface area contributed by atoms with Gasteiger partial charge < -0.3 is 5.11 Å². The Bertz CT molecular complexity index is 457. The quantitative estimate of drug-likeness (QED) is 0.922. The summed E-state index contributed by atoms with van der Waals surface area (Å²) in [7, 11) is 0. The lowest BCUT2D eigenvalue weighted by molar-refractivity contribution is -0.149. The molecule has 0 spiro atoms. The van der Waals surface area contributed by atoms with Gasteiger partial charge in [-0.05, 0) is 49.8 Å². The summed E-state index contributed by atoms with van der Waals surface area (Å²) in [6, 6.07) is 4.78. The van der Waals surface area contributed by atoms with Crippen LogP contribution < -0.4 is 0 Å². The van der Waals surface area contributed by atoms with Gasteiger partial charge in [-0.2, -0.15) is 0 Å². The van der Waals surface area contributed by atoms with E-state index in [1.807, 2.05) is 0 Å². The van der Waals surface area contributed by atoms with E-state index in [2.05, 4.69) is 15.9 Å². The van der Waals surface area contributed by atoms with Crippen LogP contribution in [0.4, 0.5) is 4.39 Å². The van der Waals surface area contributed by atoms with Gasteiger partial charge in [-0.15, -0.1) is 0 Å². The molecule has 1 atom stereocenters. The van der Waals surface area contributed by atoms with E-state index in [4.69, 9.17) is 0 Å². The molecule has 0 saturated heterocycles. The maximum atomic E-state index is 13.7. The van der Waals surface area contributed by atoms with E-state index < -0.39 is 11.4 Å². The molecule has 0 amide bonds. The van der Waals surface area contributed by atoms with Crippen LogP contribution in [0, 0.1) is 17.2 Å². The van der Waals surface area contributed by atoms with Crippen molar-refractivity contribution in [1.29, 1.82) is 0 Å². The first-order valence-corrected chi connectivity index (χ1v) is 6.40. The second-order valence-electron chi connectivity index (χ2n) is 4.91. The van der Waals surface area contributed by atoms with Gasteiger partial charge in [-0.1, -0.05) is 22.0 Å². The topological polar surface area (TPSA) is 37.3 Å². The van der Waals surface area contributed by atoms with Crippen molar-refractivity contribution in [2.45, 2.75) is 26.2 Å². The molecule has 0 radical (unpaired) electrons. The first kappa shape index (κ1) is 12.6. The fourth-order valence-corrected chi connectivity index (χ4v) is 2.51. The van der Waals surface area contributed by atoms with Crippen molar-refractivity contribution in [3.63, 3.8) is 0 Å². The van der Waals surface area contributed by atoms with Crippen LogP contribution in [0.15, 0.2) is 22.7 Å². The van der Waals surface area contributed by atoms with Crippen LogP contribution in [0.1, 0.15) is 25.3 Å². The SMILES string of the molecule is CC(Cc1ccc(Br)cc1F)(C(=O)O)C1CC1. The Kier molecular flexibility index (Phi) is 3.25. The average molecular weight is 301 g/mol. The molecule has 2 nitrogen and oxygen atoms in total. The standard InChI is InChI=1S/C13H14BrFO2/c1-13(12(16)17,9-3-4-9)7-8-2-5-10(14)6-11(8)15/h2,5-6,9H,3-4,7H2,1H3,(H,16,17). The van der Waals surface area contributed by atoms with Gasteiger partial charge in [-0.3, -0.25) is 4.79 Å². The molecule has 17 heavy (non-hydrogen) atoms. The lowest BCUT2D eigenvalue weighted by Gasteiger charge is -2.24. The molecule has 92 valence electrons. The first-order chi connectivity index (χ1) is 7.93. The van der Waals surface area contributed by atoms with Gasteiger partial charge in [-0.25, -0.2) is 4.39 Å². The average Bonchev–Trinajstić information content (AvgIpc) is 3.05. The molecule has 0 aromatic heterocycles. The van der Waals surface area contributed by atoms with Gasteiger partial charge in [0.2, 0.25) is 0 Å². The molecular weight excluding hydrogens is 287 g/mol. The zero-order valence-corrected chi connectivity index (χ0v) is 11.1. The first-order valence-electron chi connectivity index (χ1n) is 5.61. The third-order valence-electron chi connectivity index (χ3n) is 3.54. The third kappa shape index (κ3) is 2.51. The summed E-state index contributed by atoms with van der Waals surface area (Å²) in [6.45, 7) is 1.72. The number of carboxylic acids is 1. The van der Waals surface area contributed by atoms with E-state index in [1.54, 1.807) is 19.1 Å². The van der Waals surface area contributed by atoms with Crippen LogP contribution in [0.5, 0.6) is 0 Å². The van der Waals surface area contributed by atoms with Crippen molar-refractivity contribution >= 4 is 21.9 Å². The monoisotopic (exact) mass is 300 g/mol. The summed E-state index contributed by atoms with van der Waals surface area (Å²) >= 11 is 3.19. The smallest absolute Gasteiger partial charge is 0.309 e. The lowest BCUT2D eigenvalue weighted by atomic mass is 9.79. The Labute approximate surface area is 108 Å². The minimum Gasteiger partial charge on any atom is -0.481 e. The molecule has 0 heterocycles. The fourth-order valence-electron chi connectivity index (χ4n) is 2.18. The normalized spacial score (nSPS) is 18.8. The molecular formula is C13H14BrFO2. The van der Waals surface area contributed by atoms with Gasteiger partial charge in [0.1, 0.15) is 5.82 Å². The minimum absolute atomic E-state index is 0.183. The van der Waals surface area contributed by atoms with Crippen molar-refractivity contribution in [2.24, 2.45) is 11.3 Å². The number of carboxylic acid groups (broad SMARTS) is 1. The van der Waals surface area contributed by atoms with Crippen LogP contribution in [-0.4, -0.2) is 11.1 Å². The maximum Gasteiger partial charge on any atom is 0.309 e. The van der Waals surface area contributed by atoms with Crippen LogP contribution in [-0.2, 0) is 11.2 Å². The third-order valence-corrected chi connectivity index (χ3v) is 4.03. The van der Waals surface area contributed by atoms with Crippen LogP contribution in [0.2, 0.25) is 0 Å².